The molecule has 0 aliphatic heterocycles. The van der Waals surface area contributed by atoms with E-state index in [-0.39, 0.29) is 11.7 Å². The molecule has 0 saturated carbocycles. The highest BCUT2D eigenvalue weighted by Crippen LogP contribution is 2.41. The first kappa shape index (κ1) is 10.8. The van der Waals surface area contributed by atoms with Gasteiger partial charge in [0.25, 0.3) is 0 Å². The summed E-state index contributed by atoms with van der Waals surface area (Å²) in [5.41, 5.74) is 9.31. The Hall–Kier alpha value is -2.35. The highest BCUT2D eigenvalue weighted by Gasteiger charge is 2.38. The van der Waals surface area contributed by atoms with Gasteiger partial charge in [-0.3, -0.25) is 4.79 Å². The number of nitrogens with two attached hydrogens (primary N) is 1. The molecule has 0 saturated heterocycles. The maximum atomic E-state index is 12.2. The van der Waals surface area contributed by atoms with Gasteiger partial charge in [0.2, 0.25) is 0 Å². The van der Waals surface area contributed by atoms with Crippen LogP contribution in [0.2, 0.25) is 0 Å². The number of Topliss-reactive ketones (excluding diaryl/α,β-unsaturated/α-hetero) is 1. The minimum atomic E-state index is -0.263. The summed E-state index contributed by atoms with van der Waals surface area (Å²) in [6.07, 6.45) is 0. The number of hydrogen-bond donors (Lipinski definition) is 1. The fraction of sp³-hybridized carbons (Fsp3) is 0.0625. The Morgan fingerprint density at radius 1 is 0.833 bits per heavy atom. The van der Waals surface area contributed by atoms with Gasteiger partial charge in [-0.05, 0) is 11.1 Å². The van der Waals surface area contributed by atoms with Crippen molar-refractivity contribution in [1.29, 1.82) is 0 Å². The summed E-state index contributed by atoms with van der Waals surface area (Å²) >= 11 is 0. The number of allylic oxidation sites excluding steroid dienone is 2. The molecule has 0 spiro atoms. The summed E-state index contributed by atoms with van der Waals surface area (Å²) in [6, 6.07) is 19.3. The minimum absolute atomic E-state index is 0.116. The van der Waals surface area contributed by atoms with Crippen LogP contribution in [0.4, 0.5) is 0 Å². The van der Waals surface area contributed by atoms with Gasteiger partial charge in [0.15, 0.2) is 5.78 Å². The van der Waals surface area contributed by atoms with E-state index in [0.717, 1.165) is 11.1 Å². The predicted octanol–water partition coefficient (Wildman–Crippen LogP) is 2.72. The summed E-state index contributed by atoms with van der Waals surface area (Å²) < 4.78 is 0. The third-order valence-electron chi connectivity index (χ3n) is 3.30. The van der Waals surface area contributed by atoms with Crippen LogP contribution in [0.5, 0.6) is 0 Å². The molecule has 0 heterocycles. The van der Waals surface area contributed by atoms with Gasteiger partial charge in [0, 0.05) is 11.3 Å². The predicted molar refractivity (Wildman–Crippen MR) is 71.7 cm³/mol. The quantitative estimate of drug-likeness (QED) is 0.869. The van der Waals surface area contributed by atoms with Gasteiger partial charge >= 0.3 is 0 Å². The number of ketones is 1. The van der Waals surface area contributed by atoms with E-state index >= 15 is 0 Å². The molecule has 0 radical (unpaired) electrons. The average molecular weight is 235 g/mol. The Bertz CT molecular complexity index is 614. The van der Waals surface area contributed by atoms with Crippen LogP contribution in [-0.4, -0.2) is 5.78 Å². The number of carbonyl (C=O) groups excluding carboxylic acids is 1. The third kappa shape index (κ3) is 1.54. The zero-order valence-electron chi connectivity index (χ0n) is 9.84. The molecule has 1 aliphatic carbocycles. The van der Waals surface area contributed by atoms with Crippen molar-refractivity contribution in [2.24, 2.45) is 5.73 Å². The molecule has 2 nitrogen and oxygen atoms in total. The molecule has 2 N–H and O–H groups in total. The second-order valence-corrected chi connectivity index (χ2v) is 4.40. The molecule has 88 valence electrons. The Kier molecular flexibility index (Phi) is 2.49. The molecule has 18 heavy (non-hydrogen) atoms. The summed E-state index contributed by atoms with van der Waals surface area (Å²) in [6.45, 7) is 0. The molecule has 3 rings (SSSR count). The van der Waals surface area contributed by atoms with Gasteiger partial charge in [0.05, 0.1) is 5.92 Å². The molecule has 2 aromatic rings. The maximum Gasteiger partial charge on any atom is 0.178 e. The Labute approximate surface area is 106 Å². The second-order valence-electron chi connectivity index (χ2n) is 4.40. The van der Waals surface area contributed by atoms with Crippen molar-refractivity contribution >= 4 is 11.4 Å². The molecule has 0 aromatic heterocycles. The first-order valence-electron chi connectivity index (χ1n) is 5.93. The molecule has 0 fully saturated rings. The maximum absolute atomic E-state index is 12.2. The molecule has 0 unspecified atom stereocenters. The van der Waals surface area contributed by atoms with Gasteiger partial charge < -0.3 is 5.73 Å². The van der Waals surface area contributed by atoms with Crippen LogP contribution in [0, 0.1) is 0 Å². The van der Waals surface area contributed by atoms with Crippen LogP contribution < -0.4 is 5.73 Å². The van der Waals surface area contributed by atoms with E-state index in [1.165, 1.54) is 0 Å². The standard InChI is InChI=1S/C16H13NO/c17-15-13(11-7-3-1-4-8-11)16(18)14(15)12-9-5-2-6-10-12/h1-10,13H,17H2/t13-/m0/s1. The molecule has 1 aliphatic rings. The smallest absolute Gasteiger partial charge is 0.178 e. The fourth-order valence-electron chi connectivity index (χ4n) is 2.38. The summed E-state index contributed by atoms with van der Waals surface area (Å²) in [4.78, 5) is 12.2. The van der Waals surface area contributed by atoms with Crippen molar-refractivity contribution in [2.75, 3.05) is 0 Å². The lowest BCUT2D eigenvalue weighted by Crippen LogP contribution is -2.32. The molecule has 2 heteroatoms. The van der Waals surface area contributed by atoms with E-state index in [4.69, 9.17) is 5.73 Å². The van der Waals surface area contributed by atoms with Crippen molar-refractivity contribution in [3.05, 3.63) is 77.5 Å². The largest absolute Gasteiger partial charge is 0.401 e. The molecule has 0 bridgehead atoms. The van der Waals surface area contributed by atoms with Gasteiger partial charge in [-0.15, -0.1) is 0 Å². The van der Waals surface area contributed by atoms with E-state index in [2.05, 4.69) is 0 Å². The second kappa shape index (κ2) is 4.15. The van der Waals surface area contributed by atoms with Crippen molar-refractivity contribution in [2.45, 2.75) is 5.92 Å². The first-order valence-corrected chi connectivity index (χ1v) is 5.93. The highest BCUT2D eigenvalue weighted by atomic mass is 16.1. The van der Waals surface area contributed by atoms with Crippen molar-refractivity contribution in [1.82, 2.24) is 0 Å². The molecular weight excluding hydrogens is 222 g/mol. The zero-order chi connectivity index (χ0) is 12.5. The van der Waals surface area contributed by atoms with Crippen LogP contribution in [0.3, 0.4) is 0 Å². The number of benzene rings is 2. The third-order valence-corrected chi connectivity index (χ3v) is 3.30. The summed E-state index contributed by atoms with van der Waals surface area (Å²) in [5, 5.41) is 0. The lowest BCUT2D eigenvalue weighted by atomic mass is 9.74. The number of hydrogen-bond acceptors (Lipinski definition) is 2. The summed E-state index contributed by atoms with van der Waals surface area (Å²) in [5.74, 6) is -0.147. The van der Waals surface area contributed by atoms with E-state index in [1.807, 2.05) is 60.7 Å². The van der Waals surface area contributed by atoms with Crippen molar-refractivity contribution in [3.8, 4) is 0 Å². The highest BCUT2D eigenvalue weighted by molar-refractivity contribution is 6.32. The van der Waals surface area contributed by atoms with Gasteiger partial charge in [-0.1, -0.05) is 60.7 Å². The van der Waals surface area contributed by atoms with Crippen LogP contribution in [0.15, 0.2) is 66.4 Å². The Balaban J connectivity index is 2.01. The molecule has 1 atom stereocenters. The SMILES string of the molecule is NC1=C(c2ccccc2)C(=O)[C@H]1c1ccccc1. The average Bonchev–Trinajstić information content (AvgIpc) is 2.41. The van der Waals surface area contributed by atoms with Gasteiger partial charge in [-0.2, -0.15) is 0 Å². The Morgan fingerprint density at radius 3 is 1.94 bits per heavy atom. The van der Waals surface area contributed by atoms with Gasteiger partial charge in [0.1, 0.15) is 0 Å². The van der Waals surface area contributed by atoms with Crippen molar-refractivity contribution < 1.29 is 4.79 Å². The molecule has 0 amide bonds. The topological polar surface area (TPSA) is 43.1 Å². The van der Waals surface area contributed by atoms with E-state index in [0.29, 0.717) is 11.3 Å². The number of rotatable bonds is 2. The number of carbonyl (C=O) groups is 1. The fourth-order valence-corrected chi connectivity index (χ4v) is 2.38. The van der Waals surface area contributed by atoms with Crippen LogP contribution >= 0.6 is 0 Å². The molecule has 2 aromatic carbocycles. The van der Waals surface area contributed by atoms with E-state index < -0.39 is 0 Å². The van der Waals surface area contributed by atoms with E-state index in [1.54, 1.807) is 0 Å². The normalized spacial score (nSPS) is 18.7. The first-order chi connectivity index (χ1) is 8.79. The van der Waals surface area contributed by atoms with Crippen LogP contribution in [-0.2, 0) is 4.79 Å². The van der Waals surface area contributed by atoms with Gasteiger partial charge in [-0.25, -0.2) is 0 Å². The Morgan fingerprint density at radius 2 is 1.39 bits per heavy atom. The van der Waals surface area contributed by atoms with E-state index in [9.17, 15) is 4.79 Å². The monoisotopic (exact) mass is 235 g/mol. The lowest BCUT2D eigenvalue weighted by molar-refractivity contribution is -0.115. The van der Waals surface area contributed by atoms with Crippen molar-refractivity contribution in [3.63, 3.8) is 0 Å². The van der Waals surface area contributed by atoms with Crippen LogP contribution in [0.1, 0.15) is 17.0 Å². The minimum Gasteiger partial charge on any atom is -0.401 e. The lowest BCUT2D eigenvalue weighted by Gasteiger charge is -2.29. The molecular formula is C16H13NO. The van der Waals surface area contributed by atoms with Crippen LogP contribution in [0.25, 0.3) is 5.57 Å². The summed E-state index contributed by atoms with van der Waals surface area (Å²) in [7, 11) is 0. The zero-order valence-corrected chi connectivity index (χ0v) is 9.84.